The molecular formula is C25H30N4O2. The van der Waals surface area contributed by atoms with Crippen molar-refractivity contribution in [3.63, 3.8) is 0 Å². The molecule has 1 fully saturated rings. The zero-order valence-electron chi connectivity index (χ0n) is 17.9. The first kappa shape index (κ1) is 21.3. The Morgan fingerprint density at radius 3 is 2.23 bits per heavy atom. The molecule has 1 heterocycles. The van der Waals surface area contributed by atoms with E-state index in [0.29, 0.717) is 24.3 Å². The lowest BCUT2D eigenvalue weighted by Gasteiger charge is -2.40. The maximum absolute atomic E-state index is 12.7. The van der Waals surface area contributed by atoms with Crippen LogP contribution in [0, 0.1) is 5.92 Å². The SMILES string of the molecule is C=C1[C@@H](CC(=O)OCC2c3ccccc3-c3ccccc32)CC(N)N1C(N)(N)C(=C)C. The molecule has 1 unspecified atom stereocenters. The van der Waals surface area contributed by atoms with Gasteiger partial charge >= 0.3 is 5.97 Å². The molecule has 0 bridgehead atoms. The molecule has 4 rings (SSSR count). The van der Waals surface area contributed by atoms with Crippen molar-refractivity contribution in [1.82, 2.24) is 4.90 Å². The number of esters is 1. The van der Waals surface area contributed by atoms with Crippen molar-refractivity contribution < 1.29 is 9.53 Å². The molecule has 0 radical (unpaired) electrons. The molecule has 0 saturated carbocycles. The number of carbonyl (C=O) groups excluding carboxylic acids is 1. The highest BCUT2D eigenvalue weighted by Gasteiger charge is 2.43. The van der Waals surface area contributed by atoms with Gasteiger partial charge < -0.3 is 15.4 Å². The van der Waals surface area contributed by atoms with Crippen LogP contribution in [0.25, 0.3) is 11.1 Å². The fraction of sp³-hybridized carbons (Fsp3) is 0.320. The molecule has 0 aromatic heterocycles. The van der Waals surface area contributed by atoms with Crippen molar-refractivity contribution in [2.75, 3.05) is 6.61 Å². The largest absolute Gasteiger partial charge is 0.465 e. The zero-order valence-corrected chi connectivity index (χ0v) is 17.9. The third-order valence-electron chi connectivity index (χ3n) is 6.51. The summed E-state index contributed by atoms with van der Waals surface area (Å²) in [5.41, 5.74) is 24.7. The lowest BCUT2D eigenvalue weighted by atomic mass is 9.98. The van der Waals surface area contributed by atoms with E-state index in [2.05, 4.69) is 37.4 Å². The van der Waals surface area contributed by atoms with Crippen molar-refractivity contribution in [2.24, 2.45) is 23.1 Å². The van der Waals surface area contributed by atoms with E-state index in [4.69, 9.17) is 21.9 Å². The van der Waals surface area contributed by atoms with Crippen molar-refractivity contribution in [3.8, 4) is 11.1 Å². The quantitative estimate of drug-likeness (QED) is 0.378. The highest BCUT2D eigenvalue weighted by molar-refractivity contribution is 5.79. The van der Waals surface area contributed by atoms with Crippen LogP contribution < -0.4 is 17.2 Å². The summed E-state index contributed by atoms with van der Waals surface area (Å²) >= 11 is 0. The first-order chi connectivity index (χ1) is 14.7. The van der Waals surface area contributed by atoms with Gasteiger partial charge in [0.2, 0.25) is 0 Å². The molecule has 1 saturated heterocycles. The molecule has 0 spiro atoms. The van der Waals surface area contributed by atoms with Crippen LogP contribution in [0.2, 0.25) is 0 Å². The van der Waals surface area contributed by atoms with Gasteiger partial charge in [0.1, 0.15) is 6.61 Å². The molecule has 6 heteroatoms. The Bertz CT molecular complexity index is 1000. The third kappa shape index (κ3) is 3.67. The number of carbonyl (C=O) groups is 1. The van der Waals surface area contributed by atoms with E-state index in [9.17, 15) is 4.79 Å². The summed E-state index contributed by atoms with van der Waals surface area (Å²) in [6, 6.07) is 16.5. The molecule has 2 aromatic rings. The van der Waals surface area contributed by atoms with Gasteiger partial charge in [0.15, 0.2) is 5.79 Å². The summed E-state index contributed by atoms with van der Waals surface area (Å²) < 4.78 is 5.73. The molecule has 31 heavy (non-hydrogen) atoms. The highest BCUT2D eigenvalue weighted by atomic mass is 16.5. The second-order valence-electron chi connectivity index (χ2n) is 8.58. The van der Waals surface area contributed by atoms with Gasteiger partial charge in [-0.05, 0) is 41.2 Å². The van der Waals surface area contributed by atoms with Crippen LogP contribution >= 0.6 is 0 Å². The summed E-state index contributed by atoms with van der Waals surface area (Å²) in [4.78, 5) is 14.4. The topological polar surface area (TPSA) is 108 Å². The van der Waals surface area contributed by atoms with Gasteiger partial charge in [0.25, 0.3) is 0 Å². The molecule has 1 aliphatic carbocycles. The maximum atomic E-state index is 12.7. The number of hydrogen-bond donors (Lipinski definition) is 3. The lowest BCUT2D eigenvalue weighted by molar-refractivity contribution is -0.144. The van der Waals surface area contributed by atoms with Gasteiger partial charge in [0.05, 0.1) is 12.6 Å². The number of hydrogen-bond acceptors (Lipinski definition) is 6. The number of rotatable bonds is 6. The molecule has 2 aliphatic rings. The van der Waals surface area contributed by atoms with Gasteiger partial charge in [0, 0.05) is 17.5 Å². The third-order valence-corrected chi connectivity index (χ3v) is 6.51. The van der Waals surface area contributed by atoms with Crippen LogP contribution in [0.15, 0.2) is 73.0 Å². The van der Waals surface area contributed by atoms with Gasteiger partial charge in [-0.15, -0.1) is 0 Å². The predicted molar refractivity (Wildman–Crippen MR) is 122 cm³/mol. The average Bonchev–Trinajstić information content (AvgIpc) is 3.20. The fourth-order valence-corrected chi connectivity index (χ4v) is 4.74. The average molecular weight is 419 g/mol. The Balaban J connectivity index is 1.43. The molecule has 1 aliphatic heterocycles. The van der Waals surface area contributed by atoms with Crippen LogP contribution in [0.5, 0.6) is 0 Å². The highest BCUT2D eigenvalue weighted by Crippen LogP contribution is 2.44. The monoisotopic (exact) mass is 418 g/mol. The summed E-state index contributed by atoms with van der Waals surface area (Å²) in [5.74, 6) is -1.72. The van der Waals surface area contributed by atoms with E-state index in [0.717, 1.165) is 0 Å². The first-order valence-corrected chi connectivity index (χ1v) is 10.5. The number of benzene rings is 2. The van der Waals surface area contributed by atoms with E-state index in [1.54, 1.807) is 11.8 Å². The van der Waals surface area contributed by atoms with Crippen LogP contribution in [0.1, 0.15) is 36.8 Å². The predicted octanol–water partition coefficient (Wildman–Crippen LogP) is 3.00. The van der Waals surface area contributed by atoms with Crippen molar-refractivity contribution >= 4 is 5.97 Å². The van der Waals surface area contributed by atoms with Crippen LogP contribution in [-0.4, -0.2) is 29.4 Å². The van der Waals surface area contributed by atoms with Crippen LogP contribution in [-0.2, 0) is 9.53 Å². The van der Waals surface area contributed by atoms with E-state index >= 15 is 0 Å². The maximum Gasteiger partial charge on any atom is 0.306 e. The molecule has 2 atom stereocenters. The minimum Gasteiger partial charge on any atom is -0.465 e. The minimum absolute atomic E-state index is 0.0334. The standard InChI is InChI=1S/C25H30N4O2/c1-15(2)25(27,28)29-16(3)17(12-23(29)26)13-24(30)31-14-22-20-10-6-4-8-18(20)19-9-5-7-11-21(19)22/h4-11,17,22-23H,1,3,12-14,26-28H2,2H3/t17-,23?/m1/s1. The first-order valence-electron chi connectivity index (χ1n) is 10.5. The molecule has 2 aromatic carbocycles. The number of ether oxygens (including phenoxy) is 1. The Labute approximate surface area is 183 Å². The van der Waals surface area contributed by atoms with E-state index in [-0.39, 0.29) is 24.2 Å². The minimum atomic E-state index is -1.30. The number of allylic oxidation sites excluding steroid dienone is 1. The summed E-state index contributed by atoms with van der Waals surface area (Å²) in [5, 5.41) is 0. The normalized spacial score (nSPS) is 20.5. The Morgan fingerprint density at radius 2 is 1.68 bits per heavy atom. The smallest absolute Gasteiger partial charge is 0.306 e. The van der Waals surface area contributed by atoms with E-state index in [1.165, 1.54) is 22.3 Å². The van der Waals surface area contributed by atoms with E-state index < -0.39 is 12.0 Å². The Kier molecular flexibility index (Phi) is 5.47. The summed E-state index contributed by atoms with van der Waals surface area (Å²) in [6.07, 6.45) is 0.295. The fourth-order valence-electron chi connectivity index (χ4n) is 4.74. The molecular weight excluding hydrogens is 388 g/mol. The molecule has 6 N–H and O–H groups in total. The van der Waals surface area contributed by atoms with Crippen molar-refractivity contribution in [3.05, 3.63) is 84.1 Å². The Hall–Kier alpha value is -2.93. The van der Waals surface area contributed by atoms with Crippen LogP contribution in [0.3, 0.4) is 0 Å². The number of fused-ring (bicyclic) bond motifs is 3. The van der Waals surface area contributed by atoms with E-state index in [1.807, 2.05) is 24.3 Å². The van der Waals surface area contributed by atoms with Gasteiger partial charge in [-0.3, -0.25) is 16.3 Å². The van der Waals surface area contributed by atoms with Gasteiger partial charge in [-0.1, -0.05) is 61.7 Å². The van der Waals surface area contributed by atoms with Crippen molar-refractivity contribution in [2.45, 2.75) is 37.6 Å². The zero-order chi connectivity index (χ0) is 22.3. The number of nitrogens with two attached hydrogens (primary N) is 3. The summed E-state index contributed by atoms with van der Waals surface area (Å²) in [6.45, 7) is 10.0. The Morgan fingerprint density at radius 1 is 1.13 bits per heavy atom. The van der Waals surface area contributed by atoms with Crippen molar-refractivity contribution in [1.29, 1.82) is 0 Å². The summed E-state index contributed by atoms with van der Waals surface area (Å²) in [7, 11) is 0. The molecule has 162 valence electrons. The van der Waals surface area contributed by atoms with Gasteiger partial charge in [-0.2, -0.15) is 0 Å². The number of likely N-dealkylation sites (tertiary alicyclic amines) is 1. The number of nitrogens with zero attached hydrogens (tertiary/aromatic N) is 1. The molecule has 6 nitrogen and oxygen atoms in total. The van der Waals surface area contributed by atoms with Crippen LogP contribution in [0.4, 0.5) is 0 Å². The second kappa shape index (κ2) is 7.96. The van der Waals surface area contributed by atoms with Gasteiger partial charge in [-0.25, -0.2) is 0 Å². The second-order valence-corrected chi connectivity index (χ2v) is 8.58. The molecule has 0 amide bonds. The lowest BCUT2D eigenvalue weighted by Crippen LogP contribution is -2.65.